The smallest absolute Gasteiger partial charge is 0.303 e. The van der Waals surface area contributed by atoms with E-state index in [1.807, 2.05) is 0 Å². The second kappa shape index (κ2) is 7.14. The van der Waals surface area contributed by atoms with Crippen LogP contribution in [0.1, 0.15) is 21.7 Å². The average Bonchev–Trinajstić information content (AvgIpc) is 3.12. The number of hydrogen-bond acceptors (Lipinski definition) is 3. The van der Waals surface area contributed by atoms with E-state index < -0.39 is 17.8 Å². The Morgan fingerprint density at radius 3 is 2.48 bits per heavy atom. The fourth-order valence-electron chi connectivity index (χ4n) is 2.35. The Labute approximate surface area is 158 Å². The van der Waals surface area contributed by atoms with Crippen LogP contribution in [-0.4, -0.2) is 25.5 Å². The van der Waals surface area contributed by atoms with Crippen LogP contribution in [0.15, 0.2) is 41.0 Å². The van der Waals surface area contributed by atoms with Crippen LogP contribution in [0.3, 0.4) is 0 Å². The van der Waals surface area contributed by atoms with E-state index in [1.165, 1.54) is 16.8 Å². The number of benzene rings is 1. The van der Waals surface area contributed by atoms with Crippen LogP contribution in [0.4, 0.5) is 23.4 Å². The molecule has 6 nitrogen and oxygen atoms in total. The van der Waals surface area contributed by atoms with Crippen molar-refractivity contribution in [1.29, 1.82) is 0 Å². The van der Waals surface area contributed by atoms with Crippen LogP contribution < -0.4 is 5.32 Å². The van der Waals surface area contributed by atoms with Crippen LogP contribution in [0.2, 0.25) is 0 Å². The first kappa shape index (κ1) is 19.1. The van der Waals surface area contributed by atoms with Gasteiger partial charge in [0.05, 0.1) is 11.0 Å². The van der Waals surface area contributed by atoms with Gasteiger partial charge in [0.15, 0.2) is 11.5 Å². The van der Waals surface area contributed by atoms with Crippen molar-refractivity contribution in [3.63, 3.8) is 0 Å². The van der Waals surface area contributed by atoms with Gasteiger partial charge in [-0.3, -0.25) is 14.2 Å². The number of alkyl halides is 3. The Morgan fingerprint density at radius 1 is 1.22 bits per heavy atom. The lowest BCUT2D eigenvalue weighted by molar-refractivity contribution is -0.143. The Hall–Kier alpha value is -2.69. The van der Waals surface area contributed by atoms with E-state index in [-0.39, 0.29) is 17.3 Å². The number of carbonyl (C=O) groups is 1. The number of hydrogen-bond donors (Lipinski definition) is 1. The number of aromatic nitrogens is 4. The number of aryl methyl sites for hydroxylation is 1. The summed E-state index contributed by atoms with van der Waals surface area (Å²) in [6.45, 7) is 0.316. The first-order valence-electron chi connectivity index (χ1n) is 7.53. The maximum Gasteiger partial charge on any atom is 0.433 e. The molecule has 1 amide bonds. The summed E-state index contributed by atoms with van der Waals surface area (Å²) in [6.07, 6.45) is -3.03. The quantitative estimate of drug-likeness (QED) is 0.620. The number of halogens is 5. The fraction of sp³-hybridized carbons (Fsp3) is 0.188. The summed E-state index contributed by atoms with van der Waals surface area (Å²) in [4.78, 5) is 12.2. The van der Waals surface area contributed by atoms with Crippen molar-refractivity contribution in [3.8, 4) is 0 Å². The molecule has 0 aliphatic carbocycles. The predicted molar refractivity (Wildman–Crippen MR) is 91.6 cm³/mol. The highest BCUT2D eigenvalue weighted by Gasteiger charge is 2.35. The molecule has 0 saturated carbocycles. The standard InChI is InChI=1S/C16H12BrF4N5O/c1-25-13(16(19,20)21)6-12(23-25)15(27)22-14-11(17)8-26(24-14)7-9-2-4-10(18)5-3-9/h2-6,8H,7H2,1H3,(H,22,24,27). The topological polar surface area (TPSA) is 64.7 Å². The minimum absolute atomic E-state index is 0.126. The molecule has 2 heterocycles. The van der Waals surface area contributed by atoms with E-state index in [2.05, 4.69) is 31.4 Å². The normalized spacial score (nSPS) is 11.6. The molecule has 1 N–H and O–H groups in total. The zero-order chi connectivity index (χ0) is 19.8. The lowest BCUT2D eigenvalue weighted by atomic mass is 10.2. The molecule has 3 aromatic rings. The number of rotatable bonds is 4. The van der Waals surface area contributed by atoms with Crippen LogP contribution in [0.25, 0.3) is 0 Å². The molecule has 0 atom stereocenters. The van der Waals surface area contributed by atoms with Gasteiger partial charge < -0.3 is 5.32 Å². The summed E-state index contributed by atoms with van der Waals surface area (Å²) in [5, 5.41) is 10.2. The van der Waals surface area contributed by atoms with E-state index in [0.29, 0.717) is 21.8 Å². The van der Waals surface area contributed by atoms with Gasteiger partial charge in [0.25, 0.3) is 5.91 Å². The number of carbonyl (C=O) groups excluding carboxylic acids is 1. The van der Waals surface area contributed by atoms with Gasteiger partial charge in [-0.2, -0.15) is 23.4 Å². The molecule has 27 heavy (non-hydrogen) atoms. The number of amides is 1. The van der Waals surface area contributed by atoms with Gasteiger partial charge in [-0.05, 0) is 33.6 Å². The highest BCUT2D eigenvalue weighted by atomic mass is 79.9. The van der Waals surface area contributed by atoms with Gasteiger partial charge >= 0.3 is 6.18 Å². The SMILES string of the molecule is Cn1nc(C(=O)Nc2nn(Cc3ccc(F)cc3)cc2Br)cc1C(F)(F)F. The van der Waals surface area contributed by atoms with Crippen LogP contribution in [-0.2, 0) is 19.8 Å². The predicted octanol–water partition coefficient (Wildman–Crippen LogP) is 3.84. The molecule has 11 heteroatoms. The lowest BCUT2D eigenvalue weighted by Crippen LogP contribution is -2.14. The first-order valence-corrected chi connectivity index (χ1v) is 8.33. The average molecular weight is 446 g/mol. The van der Waals surface area contributed by atoms with E-state index >= 15 is 0 Å². The third-order valence-corrected chi connectivity index (χ3v) is 4.19. The monoisotopic (exact) mass is 445 g/mol. The third kappa shape index (κ3) is 4.35. The number of anilines is 1. The van der Waals surface area contributed by atoms with E-state index in [4.69, 9.17) is 0 Å². The van der Waals surface area contributed by atoms with Crippen molar-refractivity contribution >= 4 is 27.7 Å². The Balaban J connectivity index is 1.75. The van der Waals surface area contributed by atoms with Crippen molar-refractivity contribution in [3.05, 3.63) is 63.8 Å². The molecular weight excluding hydrogens is 434 g/mol. The minimum atomic E-state index is -4.61. The van der Waals surface area contributed by atoms with Gasteiger partial charge in [0.2, 0.25) is 0 Å². The Bertz CT molecular complexity index is 978. The summed E-state index contributed by atoms with van der Waals surface area (Å²) in [5.41, 5.74) is -0.637. The van der Waals surface area contributed by atoms with Crippen LogP contribution in [0.5, 0.6) is 0 Å². The van der Waals surface area contributed by atoms with Crippen molar-refractivity contribution < 1.29 is 22.4 Å². The summed E-state index contributed by atoms with van der Waals surface area (Å²) in [6, 6.07) is 6.48. The molecule has 0 fully saturated rings. The van der Waals surface area contributed by atoms with Gasteiger partial charge in [0.1, 0.15) is 11.5 Å². The van der Waals surface area contributed by atoms with Crippen LogP contribution in [0, 0.1) is 5.82 Å². The third-order valence-electron chi connectivity index (χ3n) is 3.61. The first-order chi connectivity index (χ1) is 12.6. The summed E-state index contributed by atoms with van der Waals surface area (Å²) < 4.78 is 53.9. The molecular formula is C16H12BrF4N5O. The molecule has 0 saturated heterocycles. The van der Waals surface area contributed by atoms with Gasteiger partial charge in [-0.15, -0.1) is 0 Å². The maximum absolute atomic E-state index is 12.9. The zero-order valence-electron chi connectivity index (χ0n) is 13.8. The molecule has 0 radical (unpaired) electrons. The molecule has 0 aliphatic heterocycles. The summed E-state index contributed by atoms with van der Waals surface area (Å²) in [7, 11) is 1.10. The highest BCUT2D eigenvalue weighted by Crippen LogP contribution is 2.29. The van der Waals surface area contributed by atoms with E-state index in [9.17, 15) is 22.4 Å². The Morgan fingerprint density at radius 2 is 1.89 bits per heavy atom. The molecule has 2 aromatic heterocycles. The zero-order valence-corrected chi connectivity index (χ0v) is 15.3. The second-order valence-electron chi connectivity index (χ2n) is 5.64. The minimum Gasteiger partial charge on any atom is -0.303 e. The van der Waals surface area contributed by atoms with Crippen molar-refractivity contribution in [2.75, 3.05) is 5.32 Å². The van der Waals surface area contributed by atoms with Crippen molar-refractivity contribution in [2.24, 2.45) is 7.05 Å². The molecule has 3 rings (SSSR count). The fourth-order valence-corrected chi connectivity index (χ4v) is 2.77. The van der Waals surface area contributed by atoms with Crippen molar-refractivity contribution in [1.82, 2.24) is 19.6 Å². The molecule has 142 valence electrons. The second-order valence-corrected chi connectivity index (χ2v) is 6.49. The molecule has 0 aliphatic rings. The molecule has 1 aromatic carbocycles. The molecule has 0 bridgehead atoms. The van der Waals surface area contributed by atoms with Gasteiger partial charge in [0, 0.05) is 19.3 Å². The highest BCUT2D eigenvalue weighted by molar-refractivity contribution is 9.10. The van der Waals surface area contributed by atoms with E-state index in [1.54, 1.807) is 18.3 Å². The van der Waals surface area contributed by atoms with Crippen molar-refractivity contribution in [2.45, 2.75) is 12.7 Å². The largest absolute Gasteiger partial charge is 0.433 e. The summed E-state index contributed by atoms with van der Waals surface area (Å²) in [5.74, 6) is -1.06. The van der Waals surface area contributed by atoms with Gasteiger partial charge in [-0.25, -0.2) is 4.39 Å². The van der Waals surface area contributed by atoms with Crippen LogP contribution >= 0.6 is 15.9 Å². The number of nitrogens with zero attached hydrogens (tertiary/aromatic N) is 4. The molecule has 0 unspecified atom stereocenters. The maximum atomic E-state index is 12.9. The van der Waals surface area contributed by atoms with Gasteiger partial charge in [-0.1, -0.05) is 12.1 Å². The Kier molecular flexibility index (Phi) is 5.05. The van der Waals surface area contributed by atoms with E-state index in [0.717, 1.165) is 12.6 Å². The lowest BCUT2D eigenvalue weighted by Gasteiger charge is -2.04. The summed E-state index contributed by atoms with van der Waals surface area (Å²) >= 11 is 3.23. The molecule has 0 spiro atoms. The number of nitrogens with one attached hydrogen (secondary N) is 1.